The molecule has 200 valence electrons. The van der Waals surface area contributed by atoms with Crippen molar-refractivity contribution in [1.29, 1.82) is 0 Å². The number of hydrogen-bond donors (Lipinski definition) is 1. The van der Waals surface area contributed by atoms with E-state index in [0.717, 1.165) is 5.56 Å². The number of carbonyl (C=O) groups is 2. The molecule has 1 saturated heterocycles. The van der Waals surface area contributed by atoms with Gasteiger partial charge in [0, 0.05) is 12.1 Å². The molecule has 1 fully saturated rings. The van der Waals surface area contributed by atoms with Crippen molar-refractivity contribution in [1.82, 2.24) is 4.90 Å². The standard InChI is InChI=1S/C31H29NO7/c1-3-14-37-23-12-10-21(17-25(23)36-4-2)28-27(29(33)22-11-13-24-26(18-22)39-16-15-38-24)30(34)31(35)32(28)19-20-8-6-5-7-9-20/h3,5-13,17-18,28,33H,1,4,14-16,19H2,2H3/b29-27+/t28-/m1/s1. The van der Waals surface area contributed by atoms with E-state index in [0.29, 0.717) is 53.9 Å². The van der Waals surface area contributed by atoms with E-state index in [-0.39, 0.29) is 24.5 Å². The SMILES string of the molecule is C=CCOc1ccc([C@@H]2/C(=C(\O)c3ccc4c(c3)OCCO4)C(=O)C(=O)N2Cc2ccccc2)cc1OCC. The van der Waals surface area contributed by atoms with E-state index in [2.05, 4.69) is 6.58 Å². The molecule has 8 heteroatoms. The Hall–Kier alpha value is -4.72. The van der Waals surface area contributed by atoms with Gasteiger partial charge in [-0.25, -0.2) is 0 Å². The Labute approximate surface area is 226 Å². The van der Waals surface area contributed by atoms with E-state index in [1.165, 1.54) is 4.90 Å². The van der Waals surface area contributed by atoms with Crippen LogP contribution in [0, 0.1) is 0 Å². The Kier molecular flexibility index (Phi) is 7.54. The Bertz CT molecular complexity index is 1430. The number of hydrogen-bond acceptors (Lipinski definition) is 7. The largest absolute Gasteiger partial charge is 0.507 e. The van der Waals surface area contributed by atoms with Crippen molar-refractivity contribution in [2.45, 2.75) is 19.5 Å². The molecule has 5 rings (SSSR count). The van der Waals surface area contributed by atoms with E-state index in [9.17, 15) is 14.7 Å². The van der Waals surface area contributed by atoms with Crippen LogP contribution in [0.3, 0.4) is 0 Å². The first-order valence-corrected chi connectivity index (χ1v) is 12.7. The quantitative estimate of drug-likeness (QED) is 0.180. The maximum atomic E-state index is 13.5. The third-order valence-electron chi connectivity index (χ3n) is 6.49. The van der Waals surface area contributed by atoms with E-state index in [4.69, 9.17) is 18.9 Å². The summed E-state index contributed by atoms with van der Waals surface area (Å²) in [6.07, 6.45) is 1.63. The summed E-state index contributed by atoms with van der Waals surface area (Å²) < 4.78 is 22.8. The number of likely N-dealkylation sites (tertiary alicyclic amines) is 1. The number of carbonyl (C=O) groups excluding carboxylic acids is 2. The van der Waals surface area contributed by atoms with Crippen LogP contribution < -0.4 is 18.9 Å². The molecule has 0 spiro atoms. The lowest BCUT2D eigenvalue weighted by atomic mass is 9.94. The fourth-order valence-electron chi connectivity index (χ4n) is 4.75. The lowest BCUT2D eigenvalue weighted by Gasteiger charge is -2.26. The first-order valence-electron chi connectivity index (χ1n) is 12.7. The smallest absolute Gasteiger partial charge is 0.295 e. The number of rotatable bonds is 9. The number of aliphatic hydroxyl groups excluding tert-OH is 1. The molecular formula is C31H29NO7. The van der Waals surface area contributed by atoms with Crippen LogP contribution in [0.4, 0.5) is 0 Å². The topological polar surface area (TPSA) is 94.5 Å². The molecule has 8 nitrogen and oxygen atoms in total. The van der Waals surface area contributed by atoms with E-state index >= 15 is 0 Å². The molecule has 3 aromatic carbocycles. The van der Waals surface area contributed by atoms with Crippen molar-refractivity contribution in [2.24, 2.45) is 0 Å². The summed E-state index contributed by atoms with van der Waals surface area (Å²) in [6.45, 7) is 7.19. The van der Waals surface area contributed by atoms with E-state index in [1.54, 1.807) is 42.5 Å². The maximum absolute atomic E-state index is 13.5. The molecule has 2 aliphatic rings. The number of fused-ring (bicyclic) bond motifs is 1. The number of nitrogens with zero attached hydrogens (tertiary/aromatic N) is 1. The number of ether oxygens (including phenoxy) is 4. The van der Waals surface area contributed by atoms with Crippen molar-refractivity contribution < 1.29 is 33.6 Å². The van der Waals surface area contributed by atoms with Gasteiger partial charge in [0.15, 0.2) is 23.0 Å². The third-order valence-corrected chi connectivity index (χ3v) is 6.49. The molecule has 1 amide bonds. The Morgan fingerprint density at radius 1 is 1.00 bits per heavy atom. The molecule has 1 atom stereocenters. The number of Topliss-reactive ketones (excluding diaryl/α,β-unsaturated/α-hetero) is 1. The lowest BCUT2D eigenvalue weighted by molar-refractivity contribution is -0.140. The molecule has 2 heterocycles. The number of aliphatic hydroxyl groups is 1. The number of amides is 1. The average molecular weight is 528 g/mol. The first-order chi connectivity index (χ1) is 19.0. The molecule has 3 aromatic rings. The van der Waals surface area contributed by atoms with Gasteiger partial charge in [-0.05, 0) is 48.4 Å². The van der Waals surface area contributed by atoms with Crippen molar-refractivity contribution >= 4 is 17.4 Å². The summed E-state index contributed by atoms with van der Waals surface area (Å²) >= 11 is 0. The van der Waals surface area contributed by atoms with Gasteiger partial charge in [0.05, 0.1) is 18.2 Å². The zero-order chi connectivity index (χ0) is 27.4. The van der Waals surface area contributed by atoms with Gasteiger partial charge in [0.25, 0.3) is 11.7 Å². The van der Waals surface area contributed by atoms with Crippen LogP contribution in [-0.2, 0) is 16.1 Å². The highest BCUT2D eigenvalue weighted by Crippen LogP contribution is 2.43. The molecule has 0 radical (unpaired) electrons. The molecule has 0 unspecified atom stereocenters. The summed E-state index contributed by atoms with van der Waals surface area (Å²) in [4.78, 5) is 28.4. The molecular weight excluding hydrogens is 498 g/mol. The fraction of sp³-hybridized carbons (Fsp3) is 0.226. The second-order valence-electron chi connectivity index (χ2n) is 9.01. The van der Waals surface area contributed by atoms with Crippen molar-refractivity contribution in [2.75, 3.05) is 26.4 Å². The highest BCUT2D eigenvalue weighted by molar-refractivity contribution is 6.46. The van der Waals surface area contributed by atoms with Crippen molar-refractivity contribution in [3.63, 3.8) is 0 Å². The Balaban J connectivity index is 1.64. The third kappa shape index (κ3) is 5.18. The van der Waals surface area contributed by atoms with E-state index < -0.39 is 17.7 Å². The predicted octanol–water partition coefficient (Wildman–Crippen LogP) is 5.04. The highest BCUT2D eigenvalue weighted by Gasteiger charge is 2.46. The van der Waals surface area contributed by atoms with Crippen LogP contribution in [0.25, 0.3) is 5.76 Å². The summed E-state index contributed by atoms with van der Waals surface area (Å²) in [5.41, 5.74) is 1.77. The molecule has 0 bridgehead atoms. The van der Waals surface area contributed by atoms with Gasteiger partial charge in [-0.3, -0.25) is 9.59 Å². The van der Waals surface area contributed by atoms with Gasteiger partial charge in [0.2, 0.25) is 0 Å². The fourth-order valence-corrected chi connectivity index (χ4v) is 4.75. The van der Waals surface area contributed by atoms with Crippen LogP contribution >= 0.6 is 0 Å². The van der Waals surface area contributed by atoms with Crippen LogP contribution in [0.15, 0.2) is 85.0 Å². The second-order valence-corrected chi connectivity index (χ2v) is 9.01. The minimum atomic E-state index is -0.869. The average Bonchev–Trinajstić information content (AvgIpc) is 3.21. The minimum Gasteiger partial charge on any atom is -0.507 e. The van der Waals surface area contributed by atoms with Crippen LogP contribution in [-0.4, -0.2) is 48.1 Å². The molecule has 2 aliphatic heterocycles. The molecule has 1 N–H and O–H groups in total. The lowest BCUT2D eigenvalue weighted by Crippen LogP contribution is -2.29. The van der Waals surface area contributed by atoms with Gasteiger partial charge in [-0.1, -0.05) is 49.1 Å². The van der Waals surface area contributed by atoms with Gasteiger partial charge in [-0.2, -0.15) is 0 Å². The van der Waals surface area contributed by atoms with Crippen molar-refractivity contribution in [3.05, 3.63) is 102 Å². The maximum Gasteiger partial charge on any atom is 0.295 e. The van der Waals surface area contributed by atoms with Crippen LogP contribution in [0.5, 0.6) is 23.0 Å². The minimum absolute atomic E-state index is 0.0187. The summed E-state index contributed by atoms with van der Waals surface area (Å²) in [5, 5.41) is 11.5. The van der Waals surface area contributed by atoms with E-state index in [1.807, 2.05) is 37.3 Å². The Morgan fingerprint density at radius 3 is 2.51 bits per heavy atom. The second kappa shape index (κ2) is 11.3. The molecule has 0 aromatic heterocycles. The number of benzene rings is 3. The van der Waals surface area contributed by atoms with Gasteiger partial charge < -0.3 is 29.0 Å². The first kappa shape index (κ1) is 25.9. The molecule has 0 saturated carbocycles. The number of ketones is 1. The highest BCUT2D eigenvalue weighted by atomic mass is 16.6. The normalized spacial score (nSPS) is 17.7. The summed E-state index contributed by atoms with van der Waals surface area (Å²) in [6, 6.07) is 18.7. The predicted molar refractivity (Wildman–Crippen MR) is 145 cm³/mol. The van der Waals surface area contributed by atoms with Crippen molar-refractivity contribution in [3.8, 4) is 23.0 Å². The molecule has 0 aliphatic carbocycles. The summed E-state index contributed by atoms with van der Waals surface area (Å²) in [7, 11) is 0. The van der Waals surface area contributed by atoms with Gasteiger partial charge in [-0.15, -0.1) is 0 Å². The molecule has 39 heavy (non-hydrogen) atoms. The van der Waals surface area contributed by atoms with Gasteiger partial charge in [0.1, 0.15) is 25.6 Å². The summed E-state index contributed by atoms with van der Waals surface area (Å²) in [5.74, 6) is 0.212. The van der Waals surface area contributed by atoms with Crippen LogP contribution in [0.2, 0.25) is 0 Å². The van der Waals surface area contributed by atoms with Gasteiger partial charge >= 0.3 is 0 Å². The zero-order valence-electron chi connectivity index (χ0n) is 21.6. The zero-order valence-corrected chi connectivity index (χ0v) is 21.6. The Morgan fingerprint density at radius 2 is 1.77 bits per heavy atom. The monoisotopic (exact) mass is 527 g/mol. The van der Waals surface area contributed by atoms with Crippen LogP contribution in [0.1, 0.15) is 29.7 Å².